The molecule has 0 saturated carbocycles. The standard InChI is InChI=1S/C9H20BrNO2S/c1-9(2,3)5-8-14(12,13)11-7-4-6-10/h11H,4-8H2,1-3H3. The molecule has 0 spiro atoms. The first-order chi connectivity index (χ1) is 6.27. The summed E-state index contributed by atoms with van der Waals surface area (Å²) in [5.41, 5.74) is 0.0736. The van der Waals surface area contributed by atoms with Crippen LogP contribution in [0.1, 0.15) is 33.6 Å². The van der Waals surface area contributed by atoms with Gasteiger partial charge in [0, 0.05) is 11.9 Å². The second-order valence-electron chi connectivity index (χ2n) is 4.57. The summed E-state index contributed by atoms with van der Waals surface area (Å²) in [6.07, 6.45) is 1.52. The van der Waals surface area contributed by atoms with Crippen molar-refractivity contribution in [2.24, 2.45) is 5.41 Å². The van der Waals surface area contributed by atoms with Crippen molar-refractivity contribution in [3.8, 4) is 0 Å². The Bertz CT molecular complexity index is 244. The van der Waals surface area contributed by atoms with Gasteiger partial charge in [0.25, 0.3) is 0 Å². The number of nitrogens with one attached hydrogen (secondary N) is 1. The minimum atomic E-state index is -3.06. The molecule has 0 aromatic carbocycles. The van der Waals surface area contributed by atoms with Crippen LogP contribution >= 0.6 is 15.9 Å². The van der Waals surface area contributed by atoms with Crippen LogP contribution in [0.3, 0.4) is 0 Å². The Balaban J connectivity index is 3.85. The summed E-state index contributed by atoms with van der Waals surface area (Å²) in [6, 6.07) is 0. The number of hydrogen-bond acceptors (Lipinski definition) is 2. The first kappa shape index (κ1) is 14.4. The summed E-state index contributed by atoms with van der Waals surface area (Å²) >= 11 is 3.25. The highest BCUT2D eigenvalue weighted by atomic mass is 79.9. The van der Waals surface area contributed by atoms with E-state index in [1.54, 1.807) is 0 Å². The molecule has 0 radical (unpaired) electrons. The van der Waals surface area contributed by atoms with E-state index in [1.165, 1.54) is 0 Å². The molecular weight excluding hydrogens is 266 g/mol. The molecule has 3 nitrogen and oxygen atoms in total. The van der Waals surface area contributed by atoms with Crippen molar-refractivity contribution in [3.63, 3.8) is 0 Å². The van der Waals surface area contributed by atoms with Gasteiger partial charge in [-0.15, -0.1) is 0 Å². The number of halogens is 1. The smallest absolute Gasteiger partial charge is 0.211 e. The van der Waals surface area contributed by atoms with E-state index in [-0.39, 0.29) is 11.2 Å². The first-order valence-corrected chi connectivity index (χ1v) is 7.57. The molecule has 0 heterocycles. The van der Waals surface area contributed by atoms with Gasteiger partial charge in [-0.05, 0) is 18.3 Å². The molecule has 0 aliphatic carbocycles. The SMILES string of the molecule is CC(C)(C)CCS(=O)(=O)NCCCBr. The maximum absolute atomic E-state index is 11.4. The Morgan fingerprint density at radius 1 is 1.29 bits per heavy atom. The average Bonchev–Trinajstić information content (AvgIpc) is 2.00. The van der Waals surface area contributed by atoms with Crippen LogP contribution < -0.4 is 4.72 Å². The molecule has 0 aliphatic heterocycles. The first-order valence-electron chi connectivity index (χ1n) is 4.80. The van der Waals surface area contributed by atoms with Crippen molar-refractivity contribution >= 4 is 26.0 Å². The molecule has 86 valence electrons. The minimum Gasteiger partial charge on any atom is -0.215 e. The van der Waals surface area contributed by atoms with Crippen LogP contribution in [0.15, 0.2) is 0 Å². The van der Waals surface area contributed by atoms with Gasteiger partial charge in [0.2, 0.25) is 10.0 Å². The van der Waals surface area contributed by atoms with Crippen LogP contribution in [0.5, 0.6) is 0 Å². The van der Waals surface area contributed by atoms with Crippen molar-refractivity contribution in [3.05, 3.63) is 0 Å². The van der Waals surface area contributed by atoms with E-state index >= 15 is 0 Å². The third-order valence-corrected chi connectivity index (χ3v) is 3.70. The summed E-state index contributed by atoms with van der Waals surface area (Å²) < 4.78 is 25.4. The molecule has 0 fully saturated rings. The van der Waals surface area contributed by atoms with E-state index < -0.39 is 10.0 Å². The van der Waals surface area contributed by atoms with Gasteiger partial charge in [-0.25, -0.2) is 13.1 Å². The van der Waals surface area contributed by atoms with Gasteiger partial charge in [0.15, 0.2) is 0 Å². The molecule has 0 saturated heterocycles. The van der Waals surface area contributed by atoms with Crippen LogP contribution in [-0.2, 0) is 10.0 Å². The van der Waals surface area contributed by atoms with E-state index in [1.807, 2.05) is 20.8 Å². The van der Waals surface area contributed by atoms with E-state index in [0.29, 0.717) is 13.0 Å². The molecule has 0 aromatic rings. The summed E-state index contributed by atoms with van der Waals surface area (Å²) in [5, 5.41) is 0.828. The number of hydrogen-bond donors (Lipinski definition) is 1. The van der Waals surface area contributed by atoms with Gasteiger partial charge >= 0.3 is 0 Å². The average molecular weight is 286 g/mol. The zero-order chi connectivity index (χ0) is 11.2. The highest BCUT2D eigenvalue weighted by Gasteiger charge is 2.16. The van der Waals surface area contributed by atoms with Crippen molar-refractivity contribution < 1.29 is 8.42 Å². The minimum absolute atomic E-state index is 0.0736. The third kappa shape index (κ3) is 8.97. The van der Waals surface area contributed by atoms with Gasteiger partial charge in [0.05, 0.1) is 5.75 Å². The lowest BCUT2D eigenvalue weighted by Crippen LogP contribution is -2.29. The number of alkyl halides is 1. The molecule has 0 atom stereocenters. The third-order valence-electron chi connectivity index (χ3n) is 1.75. The lowest BCUT2D eigenvalue weighted by atomic mass is 9.94. The second kappa shape index (κ2) is 6.08. The lowest BCUT2D eigenvalue weighted by molar-refractivity contribution is 0.396. The van der Waals surface area contributed by atoms with Crippen LogP contribution in [0.2, 0.25) is 0 Å². The summed E-state index contributed by atoms with van der Waals surface area (Å²) in [5.74, 6) is 0.221. The summed E-state index contributed by atoms with van der Waals surface area (Å²) in [7, 11) is -3.06. The lowest BCUT2D eigenvalue weighted by Gasteiger charge is -2.17. The van der Waals surface area contributed by atoms with Crippen LogP contribution in [0.25, 0.3) is 0 Å². The highest BCUT2D eigenvalue weighted by molar-refractivity contribution is 9.09. The number of sulfonamides is 1. The van der Waals surface area contributed by atoms with Gasteiger partial charge in [-0.3, -0.25) is 0 Å². The fourth-order valence-corrected chi connectivity index (χ4v) is 2.57. The van der Waals surface area contributed by atoms with Crippen molar-refractivity contribution in [1.82, 2.24) is 4.72 Å². The Hall–Kier alpha value is 0.390. The Labute approximate surface area is 95.8 Å². The Morgan fingerprint density at radius 3 is 2.29 bits per heavy atom. The maximum atomic E-state index is 11.4. The van der Waals surface area contributed by atoms with Crippen LogP contribution in [0, 0.1) is 5.41 Å². The highest BCUT2D eigenvalue weighted by Crippen LogP contribution is 2.18. The van der Waals surface area contributed by atoms with Crippen molar-refractivity contribution in [1.29, 1.82) is 0 Å². The fourth-order valence-electron chi connectivity index (χ4n) is 0.807. The maximum Gasteiger partial charge on any atom is 0.211 e. The summed E-state index contributed by atoms with van der Waals surface area (Å²) in [4.78, 5) is 0. The van der Waals surface area contributed by atoms with E-state index in [9.17, 15) is 8.42 Å². The van der Waals surface area contributed by atoms with Gasteiger partial charge < -0.3 is 0 Å². The predicted molar refractivity (Wildman–Crippen MR) is 64.3 cm³/mol. The quantitative estimate of drug-likeness (QED) is 0.600. The predicted octanol–water partition coefficient (Wildman–Crippen LogP) is 2.13. The molecule has 0 bridgehead atoms. The molecule has 0 aliphatic rings. The number of rotatable bonds is 6. The monoisotopic (exact) mass is 285 g/mol. The molecule has 0 rings (SSSR count). The topological polar surface area (TPSA) is 46.2 Å². The zero-order valence-electron chi connectivity index (χ0n) is 9.14. The van der Waals surface area contributed by atoms with E-state index in [0.717, 1.165) is 11.8 Å². The molecular formula is C9H20BrNO2S. The molecule has 1 N–H and O–H groups in total. The van der Waals surface area contributed by atoms with Crippen molar-refractivity contribution in [2.75, 3.05) is 17.6 Å². The van der Waals surface area contributed by atoms with Gasteiger partial charge in [-0.2, -0.15) is 0 Å². The molecule has 0 amide bonds. The molecule has 0 aromatic heterocycles. The fraction of sp³-hybridized carbons (Fsp3) is 1.00. The zero-order valence-corrected chi connectivity index (χ0v) is 11.5. The molecule has 14 heavy (non-hydrogen) atoms. The molecule has 0 unspecified atom stereocenters. The van der Waals surface area contributed by atoms with Crippen LogP contribution in [-0.4, -0.2) is 26.0 Å². The summed E-state index contributed by atoms with van der Waals surface area (Å²) in [6.45, 7) is 6.65. The largest absolute Gasteiger partial charge is 0.215 e. The van der Waals surface area contributed by atoms with Gasteiger partial charge in [-0.1, -0.05) is 36.7 Å². The Morgan fingerprint density at radius 2 is 1.86 bits per heavy atom. The Kier molecular flexibility index (Phi) is 6.25. The van der Waals surface area contributed by atoms with Crippen molar-refractivity contribution in [2.45, 2.75) is 33.6 Å². The van der Waals surface area contributed by atoms with E-state index in [4.69, 9.17) is 0 Å². The van der Waals surface area contributed by atoms with E-state index in [2.05, 4.69) is 20.7 Å². The van der Waals surface area contributed by atoms with Gasteiger partial charge in [0.1, 0.15) is 0 Å². The second-order valence-corrected chi connectivity index (χ2v) is 7.29. The molecule has 5 heteroatoms. The van der Waals surface area contributed by atoms with Crippen LogP contribution in [0.4, 0.5) is 0 Å². The normalized spacial score (nSPS) is 13.1.